The summed E-state index contributed by atoms with van der Waals surface area (Å²) in [6.07, 6.45) is 4.99. The Labute approximate surface area is 135 Å². The Morgan fingerprint density at radius 3 is 2.90 bits per heavy atom. The van der Waals surface area contributed by atoms with Crippen molar-refractivity contribution in [2.75, 3.05) is 0 Å². The number of halogens is 2. The van der Waals surface area contributed by atoms with E-state index < -0.39 is 6.10 Å². The van der Waals surface area contributed by atoms with E-state index in [9.17, 15) is 5.11 Å². The highest BCUT2D eigenvalue weighted by atomic mass is 79.9. The predicted octanol–water partition coefficient (Wildman–Crippen LogP) is 4.32. The summed E-state index contributed by atoms with van der Waals surface area (Å²) in [4.78, 5) is 8.47. The molecule has 5 heteroatoms. The Morgan fingerprint density at radius 2 is 2.10 bits per heavy atom. The lowest BCUT2D eigenvalue weighted by atomic mass is 10.00. The van der Waals surface area contributed by atoms with Gasteiger partial charge in [-0.2, -0.15) is 0 Å². The largest absolute Gasteiger partial charge is 0.388 e. The van der Waals surface area contributed by atoms with E-state index >= 15 is 0 Å². The first-order valence-corrected chi connectivity index (χ1v) is 7.63. The Balaban J connectivity index is 1.98. The number of hydrogen-bond donors (Lipinski definition) is 1. The third-order valence-electron chi connectivity index (χ3n) is 3.30. The van der Waals surface area contributed by atoms with E-state index in [4.69, 9.17) is 11.6 Å². The second kappa shape index (κ2) is 6.10. The van der Waals surface area contributed by atoms with Crippen LogP contribution >= 0.6 is 27.5 Å². The van der Waals surface area contributed by atoms with Gasteiger partial charge in [-0.3, -0.25) is 9.97 Å². The summed E-state index contributed by atoms with van der Waals surface area (Å²) in [7, 11) is 0. The molecule has 0 saturated heterocycles. The zero-order valence-corrected chi connectivity index (χ0v) is 13.3. The van der Waals surface area contributed by atoms with Gasteiger partial charge >= 0.3 is 0 Å². The minimum Gasteiger partial charge on any atom is -0.388 e. The van der Waals surface area contributed by atoms with Crippen LogP contribution < -0.4 is 0 Å². The molecule has 2 heterocycles. The van der Waals surface area contributed by atoms with Crippen molar-refractivity contribution in [3.05, 3.63) is 69.5 Å². The highest BCUT2D eigenvalue weighted by Gasteiger charge is 2.14. The van der Waals surface area contributed by atoms with Gasteiger partial charge in [-0.1, -0.05) is 17.7 Å². The molecule has 1 atom stereocenters. The molecule has 3 rings (SSSR count). The van der Waals surface area contributed by atoms with Gasteiger partial charge in [0.25, 0.3) is 0 Å². The van der Waals surface area contributed by atoms with Gasteiger partial charge in [0.1, 0.15) is 0 Å². The maximum Gasteiger partial charge on any atom is 0.0852 e. The van der Waals surface area contributed by atoms with Crippen LogP contribution in [0.25, 0.3) is 10.9 Å². The minimum atomic E-state index is -0.657. The summed E-state index contributed by atoms with van der Waals surface area (Å²) in [5.41, 5.74) is 2.46. The molecular weight excluding hydrogens is 352 g/mol. The summed E-state index contributed by atoms with van der Waals surface area (Å²) >= 11 is 9.56. The lowest BCUT2D eigenvalue weighted by molar-refractivity contribution is 0.179. The molecule has 0 saturated carbocycles. The second-order valence-electron chi connectivity index (χ2n) is 4.77. The molecule has 1 unspecified atom stereocenters. The average molecular weight is 364 g/mol. The lowest BCUT2D eigenvalue weighted by Crippen LogP contribution is -2.04. The quantitative estimate of drug-likeness (QED) is 0.753. The van der Waals surface area contributed by atoms with Crippen LogP contribution in [0, 0.1) is 0 Å². The molecule has 0 aliphatic heterocycles. The van der Waals surface area contributed by atoms with E-state index in [1.165, 1.54) is 0 Å². The fraction of sp³-hybridized carbons (Fsp3) is 0.125. The third-order valence-corrected chi connectivity index (χ3v) is 4.06. The van der Waals surface area contributed by atoms with Gasteiger partial charge in [0, 0.05) is 45.5 Å². The van der Waals surface area contributed by atoms with Crippen molar-refractivity contribution in [3.8, 4) is 0 Å². The van der Waals surface area contributed by atoms with Crippen LogP contribution in [0.2, 0.25) is 5.02 Å². The fourth-order valence-corrected chi connectivity index (χ4v) is 2.96. The molecule has 1 N–H and O–H groups in total. The molecule has 0 aliphatic carbocycles. The highest BCUT2D eigenvalue weighted by molar-refractivity contribution is 9.10. The Bertz CT molecular complexity index is 794. The van der Waals surface area contributed by atoms with Crippen LogP contribution in [-0.2, 0) is 6.42 Å². The van der Waals surface area contributed by atoms with Crippen molar-refractivity contribution in [3.63, 3.8) is 0 Å². The van der Waals surface area contributed by atoms with Crippen LogP contribution in [-0.4, -0.2) is 15.1 Å². The van der Waals surface area contributed by atoms with Crippen LogP contribution in [0.5, 0.6) is 0 Å². The van der Waals surface area contributed by atoms with Crippen LogP contribution in [0.15, 0.2) is 53.4 Å². The molecule has 3 aromatic rings. The molecule has 0 radical (unpaired) electrons. The van der Waals surface area contributed by atoms with E-state index in [0.29, 0.717) is 11.4 Å². The highest BCUT2D eigenvalue weighted by Crippen LogP contribution is 2.30. The molecule has 21 heavy (non-hydrogen) atoms. The molecule has 0 amide bonds. The minimum absolute atomic E-state index is 0.472. The number of rotatable bonds is 3. The summed E-state index contributed by atoms with van der Waals surface area (Å²) < 4.78 is 0.895. The lowest BCUT2D eigenvalue weighted by Gasteiger charge is -2.14. The van der Waals surface area contributed by atoms with Gasteiger partial charge < -0.3 is 5.11 Å². The number of benzene rings is 1. The zero-order chi connectivity index (χ0) is 14.8. The summed E-state index contributed by atoms with van der Waals surface area (Å²) in [5, 5.41) is 12.0. The summed E-state index contributed by atoms with van der Waals surface area (Å²) in [6.45, 7) is 0. The third kappa shape index (κ3) is 3.07. The van der Waals surface area contributed by atoms with Crippen molar-refractivity contribution < 1.29 is 5.11 Å². The Hall–Kier alpha value is -1.49. The van der Waals surface area contributed by atoms with E-state index in [1.54, 1.807) is 24.7 Å². The van der Waals surface area contributed by atoms with Gasteiger partial charge in [-0.15, -0.1) is 0 Å². The van der Waals surface area contributed by atoms with Gasteiger partial charge in [-0.25, -0.2) is 0 Å². The molecule has 0 spiro atoms. The van der Waals surface area contributed by atoms with Crippen molar-refractivity contribution in [2.24, 2.45) is 0 Å². The van der Waals surface area contributed by atoms with Gasteiger partial charge in [0.05, 0.1) is 11.6 Å². The second-order valence-corrected chi connectivity index (χ2v) is 6.09. The Kier molecular flexibility index (Phi) is 4.19. The van der Waals surface area contributed by atoms with E-state index in [-0.39, 0.29) is 0 Å². The molecular formula is C16H12BrClN2O. The number of aliphatic hydroxyl groups excluding tert-OH is 1. The SMILES string of the molecule is OC(Cc1cncc(Br)c1)c1ccc(Cl)c2cccnc12. The molecule has 106 valence electrons. The molecule has 3 nitrogen and oxygen atoms in total. The summed E-state index contributed by atoms with van der Waals surface area (Å²) in [5.74, 6) is 0. The van der Waals surface area contributed by atoms with Crippen LogP contribution in [0.4, 0.5) is 0 Å². The molecule has 0 aliphatic rings. The smallest absolute Gasteiger partial charge is 0.0852 e. The standard InChI is InChI=1S/C16H12BrClN2O/c17-11-6-10(8-19-9-11)7-15(21)13-3-4-14(18)12-2-1-5-20-16(12)13/h1-6,8-9,15,21H,7H2. The number of fused-ring (bicyclic) bond motifs is 1. The maximum atomic E-state index is 10.5. The first kappa shape index (κ1) is 14.4. The van der Waals surface area contributed by atoms with E-state index in [2.05, 4.69) is 25.9 Å². The van der Waals surface area contributed by atoms with Gasteiger partial charge in [0.15, 0.2) is 0 Å². The molecule has 2 aromatic heterocycles. The van der Waals surface area contributed by atoms with Crippen molar-refractivity contribution in [2.45, 2.75) is 12.5 Å². The Morgan fingerprint density at radius 1 is 1.24 bits per heavy atom. The van der Waals surface area contributed by atoms with Crippen LogP contribution in [0.1, 0.15) is 17.2 Å². The maximum absolute atomic E-state index is 10.5. The summed E-state index contributed by atoms with van der Waals surface area (Å²) in [6, 6.07) is 9.31. The van der Waals surface area contributed by atoms with Crippen LogP contribution in [0.3, 0.4) is 0 Å². The average Bonchev–Trinajstić information content (AvgIpc) is 2.48. The topological polar surface area (TPSA) is 46.0 Å². The number of aliphatic hydroxyl groups is 1. The number of pyridine rings is 2. The van der Waals surface area contributed by atoms with Crippen molar-refractivity contribution >= 4 is 38.4 Å². The number of aromatic nitrogens is 2. The fourth-order valence-electron chi connectivity index (χ4n) is 2.33. The first-order chi connectivity index (χ1) is 10.1. The van der Waals surface area contributed by atoms with E-state index in [1.807, 2.05) is 24.3 Å². The number of hydrogen-bond acceptors (Lipinski definition) is 3. The van der Waals surface area contributed by atoms with Crippen molar-refractivity contribution in [1.82, 2.24) is 9.97 Å². The molecule has 0 fully saturated rings. The predicted molar refractivity (Wildman–Crippen MR) is 87.4 cm³/mol. The zero-order valence-electron chi connectivity index (χ0n) is 11.0. The van der Waals surface area contributed by atoms with Crippen molar-refractivity contribution in [1.29, 1.82) is 0 Å². The van der Waals surface area contributed by atoms with E-state index in [0.717, 1.165) is 26.5 Å². The number of nitrogens with zero attached hydrogens (tertiary/aromatic N) is 2. The first-order valence-electron chi connectivity index (χ1n) is 6.46. The normalized spacial score (nSPS) is 12.5. The van der Waals surface area contributed by atoms with Gasteiger partial charge in [-0.05, 0) is 45.8 Å². The molecule has 1 aromatic carbocycles. The molecule has 0 bridgehead atoms. The van der Waals surface area contributed by atoms with Gasteiger partial charge in [0.2, 0.25) is 0 Å². The monoisotopic (exact) mass is 362 g/mol.